The van der Waals surface area contributed by atoms with Gasteiger partial charge in [-0.05, 0) is 0 Å². The fourth-order valence-electron chi connectivity index (χ4n) is 1.78. The van der Waals surface area contributed by atoms with Crippen LogP contribution in [0.25, 0.3) is 11.3 Å². The number of aromatic nitrogens is 1. The first-order valence-corrected chi connectivity index (χ1v) is 5.09. The number of hydrogen-bond donors (Lipinski definition) is 1. The molecular formula is C11H9FN2O4. The molecule has 7 heteroatoms. The lowest BCUT2D eigenvalue weighted by Crippen LogP contribution is -1.95. The molecule has 18 heavy (non-hydrogen) atoms. The molecule has 0 fully saturated rings. The van der Waals surface area contributed by atoms with E-state index in [-0.39, 0.29) is 35.4 Å². The Balaban J connectivity index is 2.27. The van der Waals surface area contributed by atoms with Crippen molar-refractivity contribution in [2.45, 2.75) is 0 Å². The molecule has 1 aromatic heterocycles. The highest BCUT2D eigenvalue weighted by atomic mass is 19.1. The third-order valence-electron chi connectivity index (χ3n) is 2.57. The summed E-state index contributed by atoms with van der Waals surface area (Å²) in [5.74, 6) is 0.178. The largest absolute Gasteiger partial charge is 0.494 e. The van der Waals surface area contributed by atoms with E-state index < -0.39 is 5.82 Å². The minimum atomic E-state index is -0.602. The van der Waals surface area contributed by atoms with Crippen LogP contribution in [0.1, 0.15) is 0 Å². The van der Waals surface area contributed by atoms with Crippen LogP contribution in [0.15, 0.2) is 16.7 Å². The number of fused-ring (bicyclic) bond motifs is 1. The highest BCUT2D eigenvalue weighted by Crippen LogP contribution is 2.46. The van der Waals surface area contributed by atoms with E-state index in [1.54, 1.807) is 0 Å². The van der Waals surface area contributed by atoms with Gasteiger partial charge in [-0.3, -0.25) is 0 Å². The van der Waals surface area contributed by atoms with Crippen LogP contribution < -0.4 is 19.9 Å². The topological polar surface area (TPSA) is 79.7 Å². The van der Waals surface area contributed by atoms with E-state index in [0.717, 1.165) is 0 Å². The summed E-state index contributed by atoms with van der Waals surface area (Å²) in [6.45, 7) is 0.0161. The van der Waals surface area contributed by atoms with Crippen LogP contribution in [0, 0.1) is 5.82 Å². The molecule has 0 amide bonds. The molecule has 2 N–H and O–H groups in total. The fraction of sp³-hybridized carbons (Fsp3) is 0.182. The molecule has 1 aliphatic heterocycles. The lowest BCUT2D eigenvalue weighted by molar-refractivity contribution is 0.174. The predicted octanol–water partition coefficient (Wildman–Crippen LogP) is 1.80. The predicted molar refractivity (Wildman–Crippen MR) is 59.0 cm³/mol. The van der Waals surface area contributed by atoms with E-state index in [4.69, 9.17) is 24.5 Å². The molecule has 6 nitrogen and oxygen atoms in total. The van der Waals surface area contributed by atoms with Crippen LogP contribution in [-0.4, -0.2) is 19.1 Å². The first-order chi connectivity index (χ1) is 8.70. The van der Waals surface area contributed by atoms with Crippen LogP contribution in [0.2, 0.25) is 0 Å². The maximum Gasteiger partial charge on any atom is 0.231 e. The molecular weight excluding hydrogens is 243 g/mol. The van der Waals surface area contributed by atoms with Crippen molar-refractivity contribution < 1.29 is 23.1 Å². The van der Waals surface area contributed by atoms with Crippen LogP contribution in [0.4, 0.5) is 10.3 Å². The number of nitrogens with two attached hydrogens (primary N) is 1. The summed E-state index contributed by atoms with van der Waals surface area (Å²) in [5, 5.41) is 3.67. The SMILES string of the molecule is COc1cc2c(c(-c3cc(N)on3)c1F)OCO2. The molecule has 2 heterocycles. The smallest absolute Gasteiger partial charge is 0.231 e. The van der Waals surface area contributed by atoms with Gasteiger partial charge in [-0.15, -0.1) is 0 Å². The Labute approximate surface area is 101 Å². The van der Waals surface area contributed by atoms with Crippen molar-refractivity contribution in [3.05, 3.63) is 17.9 Å². The normalized spacial score (nSPS) is 12.8. The summed E-state index contributed by atoms with van der Waals surface area (Å²) in [7, 11) is 1.36. The quantitative estimate of drug-likeness (QED) is 0.877. The molecule has 0 bridgehead atoms. The van der Waals surface area contributed by atoms with Gasteiger partial charge in [0, 0.05) is 12.1 Å². The average Bonchev–Trinajstić information content (AvgIpc) is 2.97. The summed E-state index contributed by atoms with van der Waals surface area (Å²) in [6, 6.07) is 2.82. The van der Waals surface area contributed by atoms with Gasteiger partial charge in [-0.1, -0.05) is 5.16 Å². The standard InChI is InChI=1S/C11H9FN2O4/c1-15-6-3-7-11(17-4-16-7)9(10(6)12)5-2-8(13)18-14-5/h2-3H,4,13H2,1H3. The van der Waals surface area contributed by atoms with Gasteiger partial charge < -0.3 is 24.5 Å². The number of anilines is 1. The zero-order chi connectivity index (χ0) is 12.7. The van der Waals surface area contributed by atoms with Gasteiger partial charge >= 0.3 is 0 Å². The Morgan fingerprint density at radius 2 is 2.22 bits per heavy atom. The van der Waals surface area contributed by atoms with Crippen molar-refractivity contribution in [2.75, 3.05) is 19.6 Å². The van der Waals surface area contributed by atoms with Crippen LogP contribution in [-0.2, 0) is 0 Å². The Morgan fingerprint density at radius 3 is 2.89 bits per heavy atom. The highest BCUT2D eigenvalue weighted by Gasteiger charge is 2.28. The van der Waals surface area contributed by atoms with Crippen molar-refractivity contribution >= 4 is 5.88 Å². The van der Waals surface area contributed by atoms with Gasteiger partial charge in [0.15, 0.2) is 23.1 Å². The highest BCUT2D eigenvalue weighted by molar-refractivity contribution is 5.75. The molecule has 0 unspecified atom stereocenters. The minimum Gasteiger partial charge on any atom is -0.494 e. The number of nitrogen functional groups attached to an aromatic ring is 1. The number of rotatable bonds is 2. The molecule has 3 rings (SSSR count). The molecule has 1 aliphatic rings. The molecule has 1 aromatic carbocycles. The second-order valence-electron chi connectivity index (χ2n) is 3.62. The summed E-state index contributed by atoms with van der Waals surface area (Å²) in [5.41, 5.74) is 5.77. The lowest BCUT2D eigenvalue weighted by Gasteiger charge is -2.08. The second kappa shape index (κ2) is 3.80. The molecule has 0 spiro atoms. The molecule has 0 saturated carbocycles. The maximum atomic E-state index is 14.2. The number of nitrogens with zero attached hydrogens (tertiary/aromatic N) is 1. The zero-order valence-corrected chi connectivity index (χ0v) is 9.40. The van der Waals surface area contributed by atoms with Gasteiger partial charge in [0.25, 0.3) is 0 Å². The van der Waals surface area contributed by atoms with Crippen molar-refractivity contribution in [1.82, 2.24) is 5.16 Å². The summed E-state index contributed by atoms with van der Waals surface area (Å²) >= 11 is 0. The average molecular weight is 252 g/mol. The van der Waals surface area contributed by atoms with E-state index in [9.17, 15) is 4.39 Å². The van der Waals surface area contributed by atoms with Crippen LogP contribution in [0.5, 0.6) is 17.2 Å². The van der Waals surface area contributed by atoms with Gasteiger partial charge in [-0.2, -0.15) is 0 Å². The molecule has 0 saturated heterocycles. The van der Waals surface area contributed by atoms with E-state index in [1.165, 1.54) is 19.2 Å². The van der Waals surface area contributed by atoms with Crippen LogP contribution >= 0.6 is 0 Å². The van der Waals surface area contributed by atoms with Gasteiger partial charge in [0.05, 0.1) is 12.7 Å². The number of benzene rings is 1. The second-order valence-corrected chi connectivity index (χ2v) is 3.62. The Morgan fingerprint density at radius 1 is 1.39 bits per heavy atom. The lowest BCUT2D eigenvalue weighted by atomic mass is 10.1. The Bertz CT molecular complexity index is 611. The number of halogens is 1. The van der Waals surface area contributed by atoms with Gasteiger partial charge in [0.1, 0.15) is 5.69 Å². The first-order valence-electron chi connectivity index (χ1n) is 5.09. The Kier molecular flexibility index (Phi) is 2.26. The van der Waals surface area contributed by atoms with Crippen molar-refractivity contribution in [3.8, 4) is 28.5 Å². The minimum absolute atomic E-state index is 0.0161. The van der Waals surface area contributed by atoms with Crippen molar-refractivity contribution in [2.24, 2.45) is 0 Å². The number of hydrogen-bond acceptors (Lipinski definition) is 6. The third kappa shape index (κ3) is 1.44. The van der Waals surface area contributed by atoms with Gasteiger partial charge in [-0.25, -0.2) is 4.39 Å². The summed E-state index contributed by atoms with van der Waals surface area (Å²) in [6.07, 6.45) is 0. The van der Waals surface area contributed by atoms with Gasteiger partial charge in [0.2, 0.25) is 12.7 Å². The third-order valence-corrected chi connectivity index (χ3v) is 2.57. The molecule has 94 valence electrons. The maximum absolute atomic E-state index is 14.2. The molecule has 0 radical (unpaired) electrons. The Hall–Kier alpha value is -2.44. The monoisotopic (exact) mass is 252 g/mol. The van der Waals surface area contributed by atoms with Crippen LogP contribution in [0.3, 0.4) is 0 Å². The molecule has 2 aromatic rings. The first kappa shape index (κ1) is 10.7. The number of methoxy groups -OCH3 is 1. The number of ether oxygens (including phenoxy) is 3. The molecule has 0 atom stereocenters. The van der Waals surface area contributed by atoms with E-state index >= 15 is 0 Å². The zero-order valence-electron chi connectivity index (χ0n) is 9.40. The summed E-state index contributed by atoms with van der Waals surface area (Å²) in [4.78, 5) is 0. The van der Waals surface area contributed by atoms with E-state index in [1.807, 2.05) is 0 Å². The summed E-state index contributed by atoms with van der Waals surface area (Å²) < 4.78 is 34.3. The van der Waals surface area contributed by atoms with Crippen molar-refractivity contribution in [3.63, 3.8) is 0 Å². The van der Waals surface area contributed by atoms with E-state index in [2.05, 4.69) is 5.16 Å². The van der Waals surface area contributed by atoms with Crippen molar-refractivity contribution in [1.29, 1.82) is 0 Å². The fourth-order valence-corrected chi connectivity index (χ4v) is 1.78. The molecule has 0 aliphatic carbocycles. The van der Waals surface area contributed by atoms with E-state index in [0.29, 0.717) is 5.75 Å².